The van der Waals surface area contributed by atoms with E-state index in [0.717, 1.165) is 12.0 Å². The second-order valence-corrected chi connectivity index (χ2v) is 4.66. The molecular formula is C18H20O2. The van der Waals surface area contributed by atoms with Crippen molar-refractivity contribution in [1.29, 1.82) is 0 Å². The molecule has 2 rings (SSSR count). The molecule has 2 aromatic rings. The molecule has 20 heavy (non-hydrogen) atoms. The van der Waals surface area contributed by atoms with E-state index in [1.54, 1.807) is 0 Å². The summed E-state index contributed by atoms with van der Waals surface area (Å²) >= 11 is 0. The lowest BCUT2D eigenvalue weighted by Gasteiger charge is -2.16. The van der Waals surface area contributed by atoms with Gasteiger partial charge in [-0.05, 0) is 30.5 Å². The third-order valence-corrected chi connectivity index (χ3v) is 3.29. The van der Waals surface area contributed by atoms with Gasteiger partial charge in [-0.1, -0.05) is 55.5 Å². The minimum absolute atomic E-state index is 0.0216. The van der Waals surface area contributed by atoms with Crippen LogP contribution in [-0.4, -0.2) is 12.4 Å². The van der Waals surface area contributed by atoms with Gasteiger partial charge in [0.25, 0.3) is 0 Å². The summed E-state index contributed by atoms with van der Waals surface area (Å²) in [6, 6.07) is 17.4. The van der Waals surface area contributed by atoms with E-state index in [4.69, 9.17) is 4.74 Å². The average Bonchev–Trinajstić information content (AvgIpc) is 2.53. The third-order valence-electron chi connectivity index (χ3n) is 3.29. The molecule has 0 saturated carbocycles. The van der Waals surface area contributed by atoms with Crippen molar-refractivity contribution >= 4 is 5.78 Å². The molecule has 0 aliphatic heterocycles. The Morgan fingerprint density at radius 3 is 2.45 bits per heavy atom. The minimum Gasteiger partial charge on any atom is -0.366 e. The van der Waals surface area contributed by atoms with Crippen LogP contribution in [0.4, 0.5) is 0 Å². The fourth-order valence-electron chi connectivity index (χ4n) is 2.21. The van der Waals surface area contributed by atoms with Gasteiger partial charge in [0.15, 0.2) is 5.78 Å². The van der Waals surface area contributed by atoms with E-state index in [9.17, 15) is 4.79 Å². The molecule has 0 amide bonds. The van der Waals surface area contributed by atoms with Crippen molar-refractivity contribution < 1.29 is 9.53 Å². The van der Waals surface area contributed by atoms with Crippen LogP contribution in [0.1, 0.15) is 41.4 Å². The lowest BCUT2D eigenvalue weighted by Crippen LogP contribution is -2.16. The first-order valence-corrected chi connectivity index (χ1v) is 7.06. The molecule has 0 aliphatic carbocycles. The topological polar surface area (TPSA) is 26.3 Å². The van der Waals surface area contributed by atoms with Gasteiger partial charge in [-0.25, -0.2) is 0 Å². The molecule has 0 aliphatic rings. The minimum atomic E-state index is -0.520. The van der Waals surface area contributed by atoms with Crippen LogP contribution in [0.2, 0.25) is 0 Å². The summed E-state index contributed by atoms with van der Waals surface area (Å²) in [6.45, 7) is 4.51. The first kappa shape index (κ1) is 14.5. The zero-order valence-corrected chi connectivity index (χ0v) is 12.0. The Bertz CT molecular complexity index is 561. The summed E-state index contributed by atoms with van der Waals surface area (Å²) < 4.78 is 5.67. The molecular weight excluding hydrogens is 248 g/mol. The van der Waals surface area contributed by atoms with Crippen molar-refractivity contribution in [2.24, 2.45) is 0 Å². The number of benzene rings is 2. The molecule has 104 valence electrons. The highest BCUT2D eigenvalue weighted by Gasteiger charge is 2.22. The highest BCUT2D eigenvalue weighted by Crippen LogP contribution is 2.23. The van der Waals surface area contributed by atoms with Crippen LogP contribution in [0.3, 0.4) is 0 Å². The molecule has 0 spiro atoms. The Morgan fingerprint density at radius 2 is 1.80 bits per heavy atom. The van der Waals surface area contributed by atoms with E-state index in [0.29, 0.717) is 12.2 Å². The third kappa shape index (κ3) is 3.34. The largest absolute Gasteiger partial charge is 0.366 e. The van der Waals surface area contributed by atoms with Crippen LogP contribution >= 0.6 is 0 Å². The van der Waals surface area contributed by atoms with E-state index in [1.165, 1.54) is 5.56 Å². The Balaban J connectivity index is 2.31. The smallest absolute Gasteiger partial charge is 0.196 e. The van der Waals surface area contributed by atoms with Gasteiger partial charge in [0, 0.05) is 12.2 Å². The Kier molecular flexibility index (Phi) is 5.08. The number of aryl methyl sites for hydroxylation is 1. The number of carbonyl (C=O) groups is 1. The van der Waals surface area contributed by atoms with E-state index in [2.05, 4.69) is 6.92 Å². The number of rotatable bonds is 6. The van der Waals surface area contributed by atoms with Gasteiger partial charge in [0.2, 0.25) is 0 Å². The van der Waals surface area contributed by atoms with Crippen LogP contribution < -0.4 is 0 Å². The SMILES string of the molecule is CCOC(C(=O)c1cccc(CC)c1)c1ccccc1. The molecule has 2 heteroatoms. The predicted molar refractivity (Wildman–Crippen MR) is 81.0 cm³/mol. The van der Waals surface area contributed by atoms with Gasteiger partial charge in [-0.15, -0.1) is 0 Å². The number of carbonyl (C=O) groups excluding carboxylic acids is 1. The maximum atomic E-state index is 12.7. The maximum Gasteiger partial charge on any atom is 0.196 e. The van der Waals surface area contributed by atoms with Crippen molar-refractivity contribution in [3.8, 4) is 0 Å². The monoisotopic (exact) mass is 268 g/mol. The van der Waals surface area contributed by atoms with Crippen LogP contribution in [0.5, 0.6) is 0 Å². The van der Waals surface area contributed by atoms with E-state index >= 15 is 0 Å². The normalized spacial score (nSPS) is 12.1. The molecule has 2 aromatic carbocycles. The number of hydrogen-bond donors (Lipinski definition) is 0. The second kappa shape index (κ2) is 7.01. The fraction of sp³-hybridized carbons (Fsp3) is 0.278. The van der Waals surface area contributed by atoms with E-state index < -0.39 is 6.10 Å². The molecule has 1 atom stereocenters. The van der Waals surface area contributed by atoms with Gasteiger partial charge in [0.1, 0.15) is 6.10 Å². The molecule has 0 N–H and O–H groups in total. The Morgan fingerprint density at radius 1 is 1.05 bits per heavy atom. The first-order chi connectivity index (χ1) is 9.76. The van der Waals surface area contributed by atoms with Crippen molar-refractivity contribution in [3.05, 3.63) is 71.3 Å². The highest BCUT2D eigenvalue weighted by molar-refractivity contribution is 6.00. The summed E-state index contributed by atoms with van der Waals surface area (Å²) in [7, 11) is 0. The summed E-state index contributed by atoms with van der Waals surface area (Å²) in [6.07, 6.45) is 0.402. The quantitative estimate of drug-likeness (QED) is 0.734. The van der Waals surface area contributed by atoms with Crippen molar-refractivity contribution in [3.63, 3.8) is 0 Å². The molecule has 0 bridgehead atoms. The van der Waals surface area contributed by atoms with Gasteiger partial charge in [-0.3, -0.25) is 4.79 Å². The number of hydrogen-bond acceptors (Lipinski definition) is 2. The predicted octanol–water partition coefficient (Wildman–Crippen LogP) is 4.21. The number of Topliss-reactive ketones (excluding diaryl/α,β-unsaturated/α-hetero) is 1. The molecule has 0 saturated heterocycles. The second-order valence-electron chi connectivity index (χ2n) is 4.66. The van der Waals surface area contributed by atoms with Gasteiger partial charge < -0.3 is 4.74 Å². The summed E-state index contributed by atoms with van der Waals surface area (Å²) in [5.41, 5.74) is 2.78. The molecule has 0 radical (unpaired) electrons. The van der Waals surface area contributed by atoms with E-state index in [1.807, 2.05) is 61.5 Å². The summed E-state index contributed by atoms with van der Waals surface area (Å²) in [4.78, 5) is 12.7. The van der Waals surface area contributed by atoms with Crippen molar-refractivity contribution in [2.45, 2.75) is 26.4 Å². The Labute approximate surface area is 120 Å². The van der Waals surface area contributed by atoms with E-state index in [-0.39, 0.29) is 5.78 Å². The van der Waals surface area contributed by atoms with Gasteiger partial charge in [-0.2, -0.15) is 0 Å². The first-order valence-electron chi connectivity index (χ1n) is 7.06. The number of ketones is 1. The highest BCUT2D eigenvalue weighted by atomic mass is 16.5. The molecule has 0 fully saturated rings. The van der Waals surface area contributed by atoms with Crippen LogP contribution in [-0.2, 0) is 11.2 Å². The van der Waals surface area contributed by atoms with Crippen LogP contribution in [0, 0.1) is 0 Å². The van der Waals surface area contributed by atoms with Crippen LogP contribution in [0.25, 0.3) is 0 Å². The van der Waals surface area contributed by atoms with Gasteiger partial charge in [0.05, 0.1) is 0 Å². The fourth-order valence-corrected chi connectivity index (χ4v) is 2.21. The van der Waals surface area contributed by atoms with Gasteiger partial charge >= 0.3 is 0 Å². The number of ether oxygens (including phenoxy) is 1. The Hall–Kier alpha value is -1.93. The molecule has 0 heterocycles. The summed E-state index contributed by atoms with van der Waals surface area (Å²) in [5, 5.41) is 0. The molecule has 2 nitrogen and oxygen atoms in total. The standard InChI is InChI=1S/C18H20O2/c1-3-14-9-8-12-16(13-14)17(19)18(20-4-2)15-10-6-5-7-11-15/h5-13,18H,3-4H2,1-2H3. The average molecular weight is 268 g/mol. The molecule has 0 aromatic heterocycles. The van der Waals surface area contributed by atoms with Crippen LogP contribution in [0.15, 0.2) is 54.6 Å². The molecule has 1 unspecified atom stereocenters. The zero-order chi connectivity index (χ0) is 14.4. The lowest BCUT2D eigenvalue weighted by atomic mass is 9.98. The van der Waals surface area contributed by atoms with Crippen molar-refractivity contribution in [1.82, 2.24) is 0 Å². The zero-order valence-electron chi connectivity index (χ0n) is 12.0. The van der Waals surface area contributed by atoms with Crippen molar-refractivity contribution in [2.75, 3.05) is 6.61 Å². The maximum absolute atomic E-state index is 12.7. The summed E-state index contributed by atoms with van der Waals surface area (Å²) in [5.74, 6) is 0.0216. The lowest BCUT2D eigenvalue weighted by molar-refractivity contribution is 0.0452.